The Morgan fingerprint density at radius 2 is 1.80 bits per heavy atom. The molecule has 1 aliphatic rings. The van der Waals surface area contributed by atoms with Crippen LogP contribution in [0.1, 0.15) is 25.0 Å². The first kappa shape index (κ1) is 21.9. The average molecular weight is 432 g/mol. The Morgan fingerprint density at radius 3 is 2.47 bits per heavy atom. The number of hydrogen-bond acceptors (Lipinski definition) is 5. The van der Waals surface area contributed by atoms with Gasteiger partial charge >= 0.3 is 0 Å². The Kier molecular flexibility index (Phi) is 7.20. The summed E-state index contributed by atoms with van der Waals surface area (Å²) in [5.41, 5.74) is 1.49. The van der Waals surface area contributed by atoms with Crippen LogP contribution in [0.2, 0.25) is 0 Å². The molecule has 0 saturated carbocycles. The molecule has 9 heteroatoms. The molecule has 2 aromatic carbocycles. The zero-order valence-electron chi connectivity index (χ0n) is 16.7. The lowest BCUT2D eigenvalue weighted by molar-refractivity contribution is -0.137. The first-order valence-corrected chi connectivity index (χ1v) is 11.2. The highest BCUT2D eigenvalue weighted by Gasteiger charge is 2.26. The molecular weight excluding hydrogens is 406 g/mol. The zero-order chi connectivity index (χ0) is 21.6. The molecule has 2 aromatic rings. The van der Waals surface area contributed by atoms with Crippen LogP contribution in [0, 0.1) is 0 Å². The van der Waals surface area contributed by atoms with Crippen molar-refractivity contribution in [2.75, 3.05) is 31.6 Å². The fraction of sp³-hybridized carbons (Fsp3) is 0.333. The summed E-state index contributed by atoms with van der Waals surface area (Å²) in [5.74, 6) is -0.469. The number of ether oxygens (including phenoxy) is 1. The summed E-state index contributed by atoms with van der Waals surface area (Å²) in [6.07, 6.45) is 0.0995. The maximum Gasteiger partial charge on any atom is 0.241 e. The second kappa shape index (κ2) is 9.84. The van der Waals surface area contributed by atoms with Crippen LogP contribution in [0.3, 0.4) is 0 Å². The zero-order valence-corrected chi connectivity index (χ0v) is 17.5. The average Bonchev–Trinajstić information content (AvgIpc) is 2.78. The van der Waals surface area contributed by atoms with Gasteiger partial charge < -0.3 is 15.0 Å². The lowest BCUT2D eigenvalue weighted by Crippen LogP contribution is -2.46. The first-order valence-electron chi connectivity index (χ1n) is 9.73. The largest absolute Gasteiger partial charge is 0.370 e. The molecular formula is C21H25N3O5S. The molecule has 0 bridgehead atoms. The van der Waals surface area contributed by atoms with Crippen LogP contribution in [-0.2, 0) is 24.3 Å². The molecule has 30 heavy (non-hydrogen) atoms. The van der Waals surface area contributed by atoms with Crippen LogP contribution in [0.25, 0.3) is 0 Å². The summed E-state index contributed by atoms with van der Waals surface area (Å²) in [6.45, 7) is 2.57. The summed E-state index contributed by atoms with van der Waals surface area (Å²) >= 11 is 0. The number of rotatable bonds is 7. The summed E-state index contributed by atoms with van der Waals surface area (Å²) in [6, 6.07) is 15.4. The molecule has 1 fully saturated rings. The van der Waals surface area contributed by atoms with Crippen molar-refractivity contribution >= 4 is 27.5 Å². The summed E-state index contributed by atoms with van der Waals surface area (Å²) < 4.78 is 33.1. The molecule has 3 rings (SSSR count). The molecule has 2 amide bonds. The standard InChI is InChI=1S/C21H25N3O5S/c1-2-20(25)23-17-8-10-18(11-9-17)30(27,28)22-14-21(26)24-12-13-29-19(15-24)16-6-4-3-5-7-16/h3-11,19,22H,2,12-15H2,1H3,(H,23,25). The van der Waals surface area contributed by atoms with Gasteiger partial charge in [-0.1, -0.05) is 37.3 Å². The number of morpholine rings is 1. The molecule has 1 atom stereocenters. The van der Waals surface area contributed by atoms with Crippen molar-refractivity contribution in [1.82, 2.24) is 9.62 Å². The van der Waals surface area contributed by atoms with E-state index in [4.69, 9.17) is 4.74 Å². The van der Waals surface area contributed by atoms with Crippen molar-refractivity contribution in [3.8, 4) is 0 Å². The molecule has 0 aliphatic carbocycles. The van der Waals surface area contributed by atoms with Gasteiger partial charge in [0.15, 0.2) is 0 Å². The monoisotopic (exact) mass is 431 g/mol. The van der Waals surface area contributed by atoms with Crippen molar-refractivity contribution in [1.29, 1.82) is 0 Å². The number of benzene rings is 2. The van der Waals surface area contributed by atoms with E-state index in [0.29, 0.717) is 31.8 Å². The minimum atomic E-state index is -3.85. The SMILES string of the molecule is CCC(=O)Nc1ccc(S(=O)(=O)NCC(=O)N2CCOC(c3ccccc3)C2)cc1. The van der Waals surface area contributed by atoms with Crippen LogP contribution in [0.5, 0.6) is 0 Å². The number of carbonyl (C=O) groups is 2. The molecule has 1 unspecified atom stereocenters. The van der Waals surface area contributed by atoms with Crippen LogP contribution < -0.4 is 10.0 Å². The number of carbonyl (C=O) groups excluding carboxylic acids is 2. The van der Waals surface area contributed by atoms with Gasteiger partial charge in [-0.15, -0.1) is 0 Å². The smallest absolute Gasteiger partial charge is 0.241 e. The van der Waals surface area contributed by atoms with Gasteiger partial charge in [-0.3, -0.25) is 9.59 Å². The molecule has 1 heterocycles. The van der Waals surface area contributed by atoms with Crippen LogP contribution in [-0.4, -0.2) is 51.4 Å². The van der Waals surface area contributed by atoms with Gasteiger partial charge in [-0.25, -0.2) is 13.1 Å². The Balaban J connectivity index is 1.57. The fourth-order valence-corrected chi connectivity index (χ4v) is 4.04. The summed E-state index contributed by atoms with van der Waals surface area (Å²) in [5, 5.41) is 2.65. The van der Waals surface area contributed by atoms with Gasteiger partial charge in [0, 0.05) is 18.7 Å². The maximum absolute atomic E-state index is 12.6. The topological polar surface area (TPSA) is 105 Å². The highest BCUT2D eigenvalue weighted by Crippen LogP contribution is 2.22. The van der Waals surface area contributed by atoms with E-state index in [1.165, 1.54) is 24.3 Å². The van der Waals surface area contributed by atoms with E-state index in [-0.39, 0.29) is 29.4 Å². The van der Waals surface area contributed by atoms with Gasteiger partial charge in [0.05, 0.1) is 24.6 Å². The fourth-order valence-electron chi connectivity index (χ4n) is 3.06. The number of nitrogens with zero attached hydrogens (tertiary/aromatic N) is 1. The number of nitrogens with one attached hydrogen (secondary N) is 2. The minimum Gasteiger partial charge on any atom is -0.370 e. The molecule has 8 nitrogen and oxygen atoms in total. The predicted octanol–water partition coefficient (Wildman–Crippen LogP) is 1.91. The molecule has 0 spiro atoms. The van der Waals surface area contributed by atoms with Crippen molar-refractivity contribution < 1.29 is 22.7 Å². The van der Waals surface area contributed by atoms with Crippen LogP contribution in [0.15, 0.2) is 59.5 Å². The second-order valence-electron chi connectivity index (χ2n) is 6.86. The summed E-state index contributed by atoms with van der Waals surface area (Å²) in [4.78, 5) is 25.6. The number of hydrogen-bond donors (Lipinski definition) is 2. The molecule has 0 aromatic heterocycles. The van der Waals surface area contributed by atoms with Gasteiger partial charge in [-0.2, -0.15) is 0 Å². The van der Waals surface area contributed by atoms with E-state index < -0.39 is 10.0 Å². The van der Waals surface area contributed by atoms with E-state index >= 15 is 0 Å². The quantitative estimate of drug-likeness (QED) is 0.697. The Bertz CT molecular complexity index is 977. The Morgan fingerprint density at radius 1 is 1.10 bits per heavy atom. The van der Waals surface area contributed by atoms with Crippen molar-refractivity contribution in [2.24, 2.45) is 0 Å². The first-order chi connectivity index (χ1) is 14.4. The van der Waals surface area contributed by atoms with E-state index in [2.05, 4.69) is 10.0 Å². The van der Waals surface area contributed by atoms with Gasteiger partial charge in [0.1, 0.15) is 6.10 Å². The molecule has 0 radical (unpaired) electrons. The summed E-state index contributed by atoms with van der Waals surface area (Å²) in [7, 11) is -3.85. The molecule has 2 N–H and O–H groups in total. The third-order valence-corrected chi connectivity index (χ3v) is 6.19. The van der Waals surface area contributed by atoms with E-state index in [1.54, 1.807) is 11.8 Å². The highest BCUT2D eigenvalue weighted by atomic mass is 32.2. The van der Waals surface area contributed by atoms with Gasteiger partial charge in [0.2, 0.25) is 21.8 Å². The van der Waals surface area contributed by atoms with Crippen LogP contribution in [0.4, 0.5) is 5.69 Å². The van der Waals surface area contributed by atoms with Gasteiger partial charge in [0.25, 0.3) is 0 Å². The molecule has 160 valence electrons. The minimum absolute atomic E-state index is 0.0222. The predicted molar refractivity (Wildman–Crippen MR) is 112 cm³/mol. The Hall–Kier alpha value is -2.75. The Labute approximate surface area is 176 Å². The highest BCUT2D eigenvalue weighted by molar-refractivity contribution is 7.89. The number of sulfonamides is 1. The molecule has 1 saturated heterocycles. The normalized spacial score (nSPS) is 16.8. The number of anilines is 1. The third-order valence-electron chi connectivity index (χ3n) is 4.77. The van der Waals surface area contributed by atoms with Crippen molar-refractivity contribution in [2.45, 2.75) is 24.3 Å². The van der Waals surface area contributed by atoms with E-state index in [1.807, 2.05) is 30.3 Å². The lowest BCUT2D eigenvalue weighted by Gasteiger charge is -2.33. The number of amides is 2. The molecule has 1 aliphatic heterocycles. The van der Waals surface area contributed by atoms with Crippen LogP contribution >= 0.6 is 0 Å². The third kappa shape index (κ3) is 5.65. The second-order valence-corrected chi connectivity index (χ2v) is 8.63. The lowest BCUT2D eigenvalue weighted by atomic mass is 10.1. The van der Waals surface area contributed by atoms with E-state index in [9.17, 15) is 18.0 Å². The van der Waals surface area contributed by atoms with E-state index in [0.717, 1.165) is 5.56 Å². The van der Waals surface area contributed by atoms with Crippen molar-refractivity contribution in [3.05, 3.63) is 60.2 Å². The maximum atomic E-state index is 12.6. The van der Waals surface area contributed by atoms with Crippen molar-refractivity contribution in [3.63, 3.8) is 0 Å². The van der Waals surface area contributed by atoms with Gasteiger partial charge in [-0.05, 0) is 29.8 Å².